The zero-order valence-electron chi connectivity index (χ0n) is 27.9. The molecule has 1 spiro atoms. The largest absolute Gasteiger partial charge is 0.383 e. The molecule has 7 nitrogen and oxygen atoms in total. The van der Waals surface area contributed by atoms with Crippen LogP contribution in [-0.2, 0) is 17.6 Å². The van der Waals surface area contributed by atoms with Crippen LogP contribution in [0.3, 0.4) is 0 Å². The number of benzene rings is 1. The summed E-state index contributed by atoms with van der Waals surface area (Å²) in [4.78, 5) is 25.2. The number of ether oxygens (including phenoxy) is 1. The van der Waals surface area contributed by atoms with Gasteiger partial charge in [0.15, 0.2) is 0 Å². The lowest BCUT2D eigenvalue weighted by atomic mass is 9.66. The van der Waals surface area contributed by atoms with Crippen LogP contribution in [0.15, 0.2) is 36.7 Å². The van der Waals surface area contributed by atoms with E-state index in [1.807, 2.05) is 33.2 Å². The van der Waals surface area contributed by atoms with Gasteiger partial charge in [-0.2, -0.15) is 0 Å². The van der Waals surface area contributed by atoms with Gasteiger partial charge < -0.3 is 19.1 Å². The fraction of sp³-hybridized carbons (Fsp3) is 0.611. The standard InChI is InChI=1S/C36H52FN5O2/c1-8-41(26(4)5)35(43)29-20-27(37)11-12-32(29)42-33-13-15-36(21-30(33)28-14-16-38-22-34(28)42)23-40(24-36)31(25(2)3)10-9-17-39(6)18-19-44-7/h11-12,14,16,20,22,25-26,31H,8-10,13,15,17-19,21,23-24H2,1-7H3/t31-/m1/s1. The predicted molar refractivity (Wildman–Crippen MR) is 176 cm³/mol. The molecular weight excluding hydrogens is 553 g/mol. The van der Waals surface area contributed by atoms with E-state index in [0.717, 1.165) is 63.3 Å². The van der Waals surface area contributed by atoms with E-state index in [0.29, 0.717) is 24.1 Å². The van der Waals surface area contributed by atoms with Crippen LogP contribution in [0.4, 0.5) is 4.39 Å². The van der Waals surface area contributed by atoms with E-state index in [4.69, 9.17) is 4.74 Å². The smallest absolute Gasteiger partial charge is 0.256 e. The number of rotatable bonds is 13. The number of nitrogens with zero attached hydrogens (tertiary/aromatic N) is 5. The lowest BCUT2D eigenvalue weighted by Gasteiger charge is -2.56. The van der Waals surface area contributed by atoms with Gasteiger partial charge in [0.2, 0.25) is 0 Å². The lowest BCUT2D eigenvalue weighted by Crippen LogP contribution is -2.62. The monoisotopic (exact) mass is 605 g/mol. The topological polar surface area (TPSA) is 53.8 Å². The average Bonchev–Trinajstić information content (AvgIpc) is 3.30. The molecule has 1 aliphatic carbocycles. The highest BCUT2D eigenvalue weighted by molar-refractivity contribution is 5.99. The predicted octanol–water partition coefficient (Wildman–Crippen LogP) is 6.21. The van der Waals surface area contributed by atoms with E-state index >= 15 is 0 Å². The third-order valence-electron chi connectivity index (χ3n) is 10.1. The molecule has 1 aliphatic heterocycles. The molecule has 44 heavy (non-hydrogen) atoms. The van der Waals surface area contributed by atoms with Crippen LogP contribution < -0.4 is 0 Å². The minimum atomic E-state index is -0.393. The highest BCUT2D eigenvalue weighted by Gasteiger charge is 2.48. The Kier molecular flexibility index (Phi) is 10.1. The average molecular weight is 606 g/mol. The van der Waals surface area contributed by atoms with Gasteiger partial charge in [-0.15, -0.1) is 0 Å². The Labute approximate surface area is 263 Å². The van der Waals surface area contributed by atoms with Crippen LogP contribution in [-0.4, -0.2) is 95.7 Å². The summed E-state index contributed by atoms with van der Waals surface area (Å²) in [6.07, 6.45) is 9.26. The fourth-order valence-electron chi connectivity index (χ4n) is 7.80. The summed E-state index contributed by atoms with van der Waals surface area (Å²) in [7, 11) is 3.95. The molecule has 1 fully saturated rings. The molecule has 3 aromatic rings. The molecule has 2 aliphatic rings. The molecule has 0 bridgehead atoms. The van der Waals surface area contributed by atoms with Crippen molar-refractivity contribution in [1.29, 1.82) is 0 Å². The Bertz CT molecular complexity index is 1440. The number of methoxy groups -OCH3 is 1. The number of hydrogen-bond donors (Lipinski definition) is 0. The second-order valence-corrected chi connectivity index (χ2v) is 13.8. The molecular formula is C36H52FN5O2. The molecule has 0 radical (unpaired) electrons. The fourth-order valence-corrected chi connectivity index (χ4v) is 7.80. The number of carbonyl (C=O) groups excluding carboxylic acids is 1. The Morgan fingerprint density at radius 3 is 2.61 bits per heavy atom. The van der Waals surface area contributed by atoms with Crippen molar-refractivity contribution >= 4 is 16.8 Å². The van der Waals surface area contributed by atoms with Crippen molar-refractivity contribution in [2.24, 2.45) is 11.3 Å². The molecule has 240 valence electrons. The molecule has 0 unspecified atom stereocenters. The first-order valence-electron chi connectivity index (χ1n) is 16.6. The Morgan fingerprint density at radius 2 is 1.93 bits per heavy atom. The van der Waals surface area contributed by atoms with E-state index in [1.54, 1.807) is 18.1 Å². The highest BCUT2D eigenvalue weighted by atomic mass is 19.1. The van der Waals surface area contributed by atoms with E-state index in [1.165, 1.54) is 41.6 Å². The molecule has 5 rings (SSSR count). The van der Waals surface area contributed by atoms with Crippen LogP contribution in [0, 0.1) is 17.2 Å². The van der Waals surface area contributed by atoms with Crippen LogP contribution in [0.2, 0.25) is 0 Å². The number of likely N-dealkylation sites (tertiary alicyclic amines) is 1. The zero-order chi connectivity index (χ0) is 31.6. The minimum absolute atomic E-state index is 0.0215. The van der Waals surface area contributed by atoms with Crippen molar-refractivity contribution in [3.63, 3.8) is 0 Å². The second-order valence-electron chi connectivity index (χ2n) is 13.8. The number of pyridine rings is 1. The van der Waals surface area contributed by atoms with Gasteiger partial charge in [-0.25, -0.2) is 4.39 Å². The zero-order valence-corrected chi connectivity index (χ0v) is 27.9. The number of likely N-dealkylation sites (N-methyl/N-ethyl adjacent to an activating group) is 1. The van der Waals surface area contributed by atoms with Crippen LogP contribution in [0.5, 0.6) is 0 Å². The molecule has 1 atom stereocenters. The summed E-state index contributed by atoms with van der Waals surface area (Å²) < 4.78 is 22.1. The van der Waals surface area contributed by atoms with Gasteiger partial charge in [-0.1, -0.05) is 13.8 Å². The molecule has 0 saturated carbocycles. The van der Waals surface area contributed by atoms with Crippen molar-refractivity contribution in [3.8, 4) is 5.69 Å². The second kappa shape index (κ2) is 13.7. The van der Waals surface area contributed by atoms with Gasteiger partial charge in [-0.05, 0) is 102 Å². The van der Waals surface area contributed by atoms with Crippen LogP contribution >= 0.6 is 0 Å². The van der Waals surface area contributed by atoms with Crippen LogP contribution in [0.25, 0.3) is 16.6 Å². The maximum atomic E-state index is 14.6. The van der Waals surface area contributed by atoms with Crippen molar-refractivity contribution in [2.75, 3.05) is 53.5 Å². The Morgan fingerprint density at radius 1 is 1.16 bits per heavy atom. The third-order valence-corrected chi connectivity index (χ3v) is 10.1. The van der Waals surface area contributed by atoms with Gasteiger partial charge in [-0.3, -0.25) is 14.7 Å². The summed E-state index contributed by atoms with van der Waals surface area (Å²) in [5, 5.41) is 1.20. The number of hydrogen-bond acceptors (Lipinski definition) is 5. The Balaban J connectivity index is 1.40. The first-order chi connectivity index (χ1) is 21.1. The molecule has 8 heteroatoms. The third kappa shape index (κ3) is 6.44. The number of fused-ring (bicyclic) bond motifs is 3. The van der Waals surface area contributed by atoms with E-state index in [9.17, 15) is 9.18 Å². The molecule has 0 N–H and O–H groups in total. The first-order valence-corrected chi connectivity index (χ1v) is 16.6. The summed E-state index contributed by atoms with van der Waals surface area (Å²) in [6, 6.07) is 7.40. The lowest BCUT2D eigenvalue weighted by molar-refractivity contribution is -0.0557. The SMILES string of the molecule is CCN(C(=O)c1cc(F)ccc1-n1c2c(c3ccncc31)CC1(CC2)CN([C@H](CCCN(C)CCOC)C(C)C)C1)C(C)C. The summed E-state index contributed by atoms with van der Waals surface area (Å²) >= 11 is 0. The molecule has 1 amide bonds. The van der Waals surface area contributed by atoms with Gasteiger partial charge >= 0.3 is 0 Å². The number of halogens is 1. The van der Waals surface area contributed by atoms with Crippen molar-refractivity contribution in [3.05, 3.63) is 59.3 Å². The maximum absolute atomic E-state index is 14.6. The van der Waals surface area contributed by atoms with Gasteiger partial charge in [0, 0.05) is 68.1 Å². The first kappa shape index (κ1) is 32.6. The normalized spacial score (nSPS) is 17.1. The quantitative estimate of drug-likeness (QED) is 0.232. The van der Waals surface area contributed by atoms with E-state index < -0.39 is 5.82 Å². The number of aromatic nitrogens is 2. The summed E-state index contributed by atoms with van der Waals surface area (Å²) in [5.41, 5.74) is 5.04. The minimum Gasteiger partial charge on any atom is -0.383 e. The highest BCUT2D eigenvalue weighted by Crippen LogP contribution is 2.48. The maximum Gasteiger partial charge on any atom is 0.256 e. The van der Waals surface area contributed by atoms with Gasteiger partial charge in [0.05, 0.1) is 29.6 Å². The molecule has 2 aromatic heterocycles. The van der Waals surface area contributed by atoms with E-state index in [2.05, 4.69) is 46.3 Å². The van der Waals surface area contributed by atoms with Crippen molar-refractivity contribution in [2.45, 2.75) is 78.8 Å². The van der Waals surface area contributed by atoms with Crippen molar-refractivity contribution in [1.82, 2.24) is 24.3 Å². The van der Waals surface area contributed by atoms with Gasteiger partial charge in [0.25, 0.3) is 5.91 Å². The van der Waals surface area contributed by atoms with Crippen molar-refractivity contribution < 1.29 is 13.9 Å². The molecule has 1 saturated heterocycles. The number of carbonyl (C=O) groups is 1. The summed E-state index contributed by atoms with van der Waals surface area (Å²) in [6.45, 7) is 16.4. The molecule has 3 heterocycles. The molecule has 1 aromatic carbocycles. The summed E-state index contributed by atoms with van der Waals surface area (Å²) in [5.74, 6) is 0.0879. The number of amides is 1. The van der Waals surface area contributed by atoms with E-state index in [-0.39, 0.29) is 17.4 Å². The Hall–Kier alpha value is -2.81. The van der Waals surface area contributed by atoms with Gasteiger partial charge in [0.1, 0.15) is 5.82 Å². The van der Waals surface area contributed by atoms with Crippen LogP contribution in [0.1, 0.15) is 75.5 Å².